The number of rotatable bonds is 5. The van der Waals surface area contributed by atoms with Crippen LogP contribution in [-0.2, 0) is 24.4 Å². The van der Waals surface area contributed by atoms with Crippen molar-refractivity contribution in [3.05, 3.63) is 33.8 Å². The van der Waals surface area contributed by atoms with E-state index >= 15 is 0 Å². The monoisotopic (exact) mass is 315 g/mol. The predicted molar refractivity (Wildman–Crippen MR) is 76.7 cm³/mol. The lowest BCUT2D eigenvalue weighted by Gasteiger charge is -2.08. The van der Waals surface area contributed by atoms with E-state index in [1.807, 2.05) is 13.8 Å². The Morgan fingerprint density at radius 2 is 1.90 bits per heavy atom. The molecule has 2 aromatic heterocycles. The number of nitrogens with one attached hydrogen (secondary N) is 1. The molecular formula is C12H15Cl2N5O. The first-order chi connectivity index (χ1) is 9.52. The van der Waals surface area contributed by atoms with Crippen LogP contribution in [0.2, 0.25) is 10.0 Å². The summed E-state index contributed by atoms with van der Waals surface area (Å²) in [4.78, 5) is 11.9. The van der Waals surface area contributed by atoms with Crippen molar-refractivity contribution >= 4 is 29.1 Å². The lowest BCUT2D eigenvalue weighted by molar-refractivity contribution is -0.122. The van der Waals surface area contributed by atoms with Gasteiger partial charge in [-0.3, -0.25) is 14.2 Å². The van der Waals surface area contributed by atoms with Gasteiger partial charge in [-0.15, -0.1) is 0 Å². The molecule has 2 rings (SSSR count). The van der Waals surface area contributed by atoms with Gasteiger partial charge in [0.05, 0.1) is 40.4 Å². The predicted octanol–water partition coefficient (Wildman–Crippen LogP) is 2.03. The molecule has 0 aliphatic rings. The van der Waals surface area contributed by atoms with Gasteiger partial charge in [0.2, 0.25) is 5.91 Å². The van der Waals surface area contributed by atoms with Crippen molar-refractivity contribution in [2.45, 2.75) is 33.5 Å². The van der Waals surface area contributed by atoms with Gasteiger partial charge in [-0.05, 0) is 13.8 Å². The molecule has 1 amide bonds. The molecular weight excluding hydrogens is 301 g/mol. The third-order valence-electron chi connectivity index (χ3n) is 2.99. The molecule has 0 aliphatic heterocycles. The van der Waals surface area contributed by atoms with E-state index in [4.69, 9.17) is 23.2 Å². The van der Waals surface area contributed by atoms with Crippen molar-refractivity contribution < 1.29 is 4.79 Å². The molecule has 0 bridgehead atoms. The molecule has 2 aromatic rings. The van der Waals surface area contributed by atoms with Gasteiger partial charge in [0.15, 0.2) is 0 Å². The zero-order valence-electron chi connectivity index (χ0n) is 11.2. The van der Waals surface area contributed by atoms with Crippen molar-refractivity contribution in [2.75, 3.05) is 0 Å². The van der Waals surface area contributed by atoms with Gasteiger partial charge in [-0.25, -0.2) is 0 Å². The Labute approximate surface area is 126 Å². The molecule has 0 spiro atoms. The van der Waals surface area contributed by atoms with Gasteiger partial charge in [0, 0.05) is 6.54 Å². The largest absolute Gasteiger partial charge is 0.349 e. The summed E-state index contributed by atoms with van der Waals surface area (Å²) in [5.74, 6) is -0.159. The number of nitrogens with zero attached hydrogens (tertiary/aromatic N) is 4. The van der Waals surface area contributed by atoms with Crippen LogP contribution in [0.5, 0.6) is 0 Å². The highest BCUT2D eigenvalue weighted by Gasteiger charge is 2.11. The van der Waals surface area contributed by atoms with Crippen LogP contribution >= 0.6 is 23.2 Å². The van der Waals surface area contributed by atoms with Gasteiger partial charge in [-0.1, -0.05) is 23.2 Å². The lowest BCUT2D eigenvalue weighted by atomic mass is 10.4. The van der Waals surface area contributed by atoms with E-state index in [9.17, 15) is 4.79 Å². The average Bonchev–Trinajstić information content (AvgIpc) is 2.93. The zero-order chi connectivity index (χ0) is 14.7. The van der Waals surface area contributed by atoms with Crippen molar-refractivity contribution in [3.8, 4) is 0 Å². The van der Waals surface area contributed by atoms with E-state index in [1.54, 1.807) is 15.6 Å². The molecule has 20 heavy (non-hydrogen) atoms. The van der Waals surface area contributed by atoms with Gasteiger partial charge in [0.25, 0.3) is 0 Å². The highest BCUT2D eigenvalue weighted by Crippen LogP contribution is 2.15. The Kier molecular flexibility index (Phi) is 4.67. The molecule has 108 valence electrons. The van der Waals surface area contributed by atoms with E-state index in [2.05, 4.69) is 15.5 Å². The molecule has 1 N–H and O–H groups in total. The number of carbonyl (C=O) groups is 1. The standard InChI is InChI=1S/C12H15Cl2N5O/c1-3-18-11(10(14)5-16-18)6-15-12(20)7-19-8(2)9(13)4-17-19/h4-5H,3,6-7H2,1-2H3,(H,15,20). The number of aromatic nitrogens is 4. The maximum absolute atomic E-state index is 11.9. The zero-order valence-corrected chi connectivity index (χ0v) is 12.7. The lowest BCUT2D eigenvalue weighted by Crippen LogP contribution is -2.29. The summed E-state index contributed by atoms with van der Waals surface area (Å²) < 4.78 is 3.30. The second-order valence-electron chi connectivity index (χ2n) is 4.27. The first kappa shape index (κ1) is 14.9. The van der Waals surface area contributed by atoms with Crippen LogP contribution in [0.15, 0.2) is 12.4 Å². The summed E-state index contributed by atoms with van der Waals surface area (Å²) in [6.07, 6.45) is 3.09. The van der Waals surface area contributed by atoms with Crippen LogP contribution in [0, 0.1) is 6.92 Å². The Morgan fingerprint density at radius 1 is 1.25 bits per heavy atom. The van der Waals surface area contributed by atoms with E-state index < -0.39 is 0 Å². The molecule has 0 fully saturated rings. The molecule has 0 aliphatic carbocycles. The molecule has 0 radical (unpaired) electrons. The topological polar surface area (TPSA) is 64.7 Å². The fourth-order valence-corrected chi connectivity index (χ4v) is 2.14. The number of halogens is 2. The van der Waals surface area contributed by atoms with Crippen molar-refractivity contribution in [3.63, 3.8) is 0 Å². The Bertz CT molecular complexity index is 619. The minimum absolute atomic E-state index is 0.121. The number of aryl methyl sites for hydroxylation is 1. The van der Waals surface area contributed by atoms with Crippen LogP contribution in [0.1, 0.15) is 18.3 Å². The SMILES string of the molecule is CCn1ncc(Cl)c1CNC(=O)Cn1ncc(Cl)c1C. The van der Waals surface area contributed by atoms with Crippen LogP contribution in [0.25, 0.3) is 0 Å². The molecule has 0 saturated carbocycles. The summed E-state index contributed by atoms with van der Waals surface area (Å²) in [5, 5.41) is 12.0. The second kappa shape index (κ2) is 6.28. The highest BCUT2D eigenvalue weighted by molar-refractivity contribution is 6.31. The molecule has 0 atom stereocenters. The average molecular weight is 316 g/mol. The van der Waals surface area contributed by atoms with Gasteiger partial charge >= 0.3 is 0 Å². The molecule has 8 heteroatoms. The van der Waals surface area contributed by atoms with Crippen molar-refractivity contribution in [1.82, 2.24) is 24.9 Å². The first-order valence-electron chi connectivity index (χ1n) is 6.17. The summed E-state index contributed by atoms with van der Waals surface area (Å²) in [6, 6.07) is 0. The molecule has 0 saturated heterocycles. The fraction of sp³-hybridized carbons (Fsp3) is 0.417. The molecule has 0 unspecified atom stereocenters. The van der Waals surface area contributed by atoms with Gasteiger partial charge < -0.3 is 5.32 Å². The quantitative estimate of drug-likeness (QED) is 0.918. The number of amides is 1. The minimum atomic E-state index is -0.159. The van der Waals surface area contributed by atoms with Crippen molar-refractivity contribution in [1.29, 1.82) is 0 Å². The maximum Gasteiger partial charge on any atom is 0.242 e. The van der Waals surface area contributed by atoms with Crippen LogP contribution in [0.3, 0.4) is 0 Å². The number of hydrogen-bond donors (Lipinski definition) is 1. The summed E-state index contributed by atoms with van der Waals surface area (Å²) in [7, 11) is 0. The molecule has 2 heterocycles. The maximum atomic E-state index is 11.9. The highest BCUT2D eigenvalue weighted by atomic mass is 35.5. The Morgan fingerprint density at radius 3 is 2.50 bits per heavy atom. The van der Waals surface area contributed by atoms with Gasteiger partial charge in [-0.2, -0.15) is 10.2 Å². The summed E-state index contributed by atoms with van der Waals surface area (Å²) in [6.45, 7) is 4.93. The molecule has 6 nitrogen and oxygen atoms in total. The normalized spacial score (nSPS) is 10.8. The minimum Gasteiger partial charge on any atom is -0.349 e. The Balaban J connectivity index is 1.95. The van der Waals surface area contributed by atoms with E-state index in [0.29, 0.717) is 23.1 Å². The number of carbonyl (C=O) groups excluding carboxylic acids is 1. The second-order valence-corrected chi connectivity index (χ2v) is 5.08. The van der Waals surface area contributed by atoms with Gasteiger partial charge in [0.1, 0.15) is 6.54 Å². The van der Waals surface area contributed by atoms with Crippen LogP contribution < -0.4 is 5.32 Å². The Hall–Kier alpha value is -1.53. The summed E-state index contributed by atoms with van der Waals surface area (Å²) >= 11 is 11.9. The molecule has 0 aromatic carbocycles. The number of hydrogen-bond acceptors (Lipinski definition) is 3. The third-order valence-corrected chi connectivity index (χ3v) is 3.67. The van der Waals surface area contributed by atoms with E-state index in [-0.39, 0.29) is 12.5 Å². The van der Waals surface area contributed by atoms with Crippen LogP contribution in [0.4, 0.5) is 0 Å². The van der Waals surface area contributed by atoms with E-state index in [1.165, 1.54) is 6.20 Å². The fourth-order valence-electron chi connectivity index (χ4n) is 1.79. The van der Waals surface area contributed by atoms with Crippen LogP contribution in [-0.4, -0.2) is 25.5 Å². The summed E-state index contributed by atoms with van der Waals surface area (Å²) in [5.41, 5.74) is 1.55. The van der Waals surface area contributed by atoms with Crippen molar-refractivity contribution in [2.24, 2.45) is 0 Å². The van der Waals surface area contributed by atoms with E-state index in [0.717, 1.165) is 11.4 Å². The third kappa shape index (κ3) is 3.13. The smallest absolute Gasteiger partial charge is 0.242 e. The first-order valence-corrected chi connectivity index (χ1v) is 6.93.